The second kappa shape index (κ2) is 16.3. The van der Waals surface area contributed by atoms with Crippen molar-refractivity contribution >= 4 is 38.6 Å². The zero-order valence-electron chi connectivity index (χ0n) is 26.7. The molecule has 0 heterocycles. The van der Waals surface area contributed by atoms with Crippen LogP contribution in [0.3, 0.4) is 0 Å². The first-order chi connectivity index (χ1) is 21.3. The van der Waals surface area contributed by atoms with E-state index in [-0.39, 0.29) is 0 Å². The number of anilines is 3. The largest absolute Gasteiger partial charge is 0.309 e. The van der Waals surface area contributed by atoms with Crippen LogP contribution in [-0.4, -0.2) is 0 Å². The summed E-state index contributed by atoms with van der Waals surface area (Å²) in [6, 6.07) is 38.8. The van der Waals surface area contributed by atoms with Crippen LogP contribution in [0.2, 0.25) is 0 Å². The summed E-state index contributed by atoms with van der Waals surface area (Å²) in [5.74, 6) is 0. The summed E-state index contributed by atoms with van der Waals surface area (Å²) >= 11 is 0. The van der Waals surface area contributed by atoms with Gasteiger partial charge in [-0.25, -0.2) is 0 Å². The maximum Gasteiger partial charge on any atom is 0.0618 e. The Bertz CT molecular complexity index is 1420. The fourth-order valence-electron chi connectivity index (χ4n) is 6.48. The molecule has 0 spiro atoms. The SMILES string of the molecule is CCCCCCCCc1ccc(N(c2ccc(CCCCCCCC)cc2)c2c3ccccc3cc3ccccc23)cc1. The molecule has 0 radical (unpaired) electrons. The van der Waals surface area contributed by atoms with Crippen molar-refractivity contribution in [1.82, 2.24) is 0 Å². The van der Waals surface area contributed by atoms with E-state index < -0.39 is 0 Å². The molecule has 0 amide bonds. The molecule has 0 unspecified atom stereocenters. The lowest BCUT2D eigenvalue weighted by Gasteiger charge is -2.29. The van der Waals surface area contributed by atoms with Crippen molar-refractivity contribution in [3.63, 3.8) is 0 Å². The van der Waals surface area contributed by atoms with Crippen molar-refractivity contribution in [3.05, 3.63) is 114 Å². The Kier molecular flexibility index (Phi) is 11.7. The van der Waals surface area contributed by atoms with E-state index in [0.29, 0.717) is 0 Å². The van der Waals surface area contributed by atoms with Gasteiger partial charge in [0.1, 0.15) is 0 Å². The molecule has 0 aliphatic carbocycles. The molecule has 0 saturated heterocycles. The minimum absolute atomic E-state index is 1.16. The molecule has 43 heavy (non-hydrogen) atoms. The molecule has 1 nitrogen and oxygen atoms in total. The molecular weight excluding hydrogens is 518 g/mol. The summed E-state index contributed by atoms with van der Waals surface area (Å²) in [6.07, 6.45) is 18.4. The second-order valence-corrected chi connectivity index (χ2v) is 12.4. The lowest BCUT2D eigenvalue weighted by atomic mass is 9.98. The van der Waals surface area contributed by atoms with Gasteiger partial charge in [0, 0.05) is 22.1 Å². The first-order valence-electron chi connectivity index (χ1n) is 17.2. The summed E-state index contributed by atoms with van der Waals surface area (Å²) in [7, 11) is 0. The zero-order chi connectivity index (χ0) is 29.7. The summed E-state index contributed by atoms with van der Waals surface area (Å²) in [5.41, 5.74) is 6.59. The highest BCUT2D eigenvalue weighted by atomic mass is 15.1. The normalized spacial score (nSPS) is 11.4. The molecule has 0 aliphatic heterocycles. The molecule has 5 aromatic rings. The predicted molar refractivity (Wildman–Crippen MR) is 190 cm³/mol. The number of unbranched alkanes of at least 4 members (excludes halogenated alkanes) is 10. The van der Waals surface area contributed by atoms with Crippen LogP contribution in [0.5, 0.6) is 0 Å². The lowest BCUT2D eigenvalue weighted by Crippen LogP contribution is -2.11. The molecule has 224 valence electrons. The molecule has 0 saturated carbocycles. The maximum atomic E-state index is 2.49. The third kappa shape index (κ3) is 8.29. The highest BCUT2D eigenvalue weighted by molar-refractivity contribution is 6.14. The number of aryl methyl sites for hydroxylation is 2. The van der Waals surface area contributed by atoms with Crippen LogP contribution in [0, 0.1) is 0 Å². The Balaban J connectivity index is 1.45. The molecule has 0 fully saturated rings. The van der Waals surface area contributed by atoms with Gasteiger partial charge in [-0.1, -0.05) is 151 Å². The molecule has 5 aromatic carbocycles. The van der Waals surface area contributed by atoms with E-state index in [1.54, 1.807) is 0 Å². The number of hydrogen-bond donors (Lipinski definition) is 0. The number of rotatable bonds is 17. The zero-order valence-corrected chi connectivity index (χ0v) is 26.7. The van der Waals surface area contributed by atoms with Crippen LogP contribution in [-0.2, 0) is 12.8 Å². The van der Waals surface area contributed by atoms with Gasteiger partial charge in [0.2, 0.25) is 0 Å². The molecular formula is C42H51N. The third-order valence-corrected chi connectivity index (χ3v) is 8.99. The Morgan fingerprint density at radius 1 is 0.419 bits per heavy atom. The van der Waals surface area contributed by atoms with E-state index >= 15 is 0 Å². The van der Waals surface area contributed by atoms with Gasteiger partial charge in [-0.2, -0.15) is 0 Å². The number of fused-ring (bicyclic) bond motifs is 2. The summed E-state index contributed by atoms with van der Waals surface area (Å²) in [5, 5.41) is 5.13. The maximum absolute atomic E-state index is 2.49. The van der Waals surface area contributed by atoms with Crippen LogP contribution in [0.4, 0.5) is 17.1 Å². The Hall–Kier alpha value is -3.58. The van der Waals surface area contributed by atoms with Crippen LogP contribution >= 0.6 is 0 Å². The van der Waals surface area contributed by atoms with Crippen molar-refractivity contribution in [1.29, 1.82) is 0 Å². The van der Waals surface area contributed by atoms with Crippen molar-refractivity contribution in [3.8, 4) is 0 Å². The number of benzene rings is 5. The van der Waals surface area contributed by atoms with Gasteiger partial charge in [-0.15, -0.1) is 0 Å². The molecule has 5 rings (SSSR count). The monoisotopic (exact) mass is 569 g/mol. The van der Waals surface area contributed by atoms with Gasteiger partial charge in [-0.3, -0.25) is 0 Å². The third-order valence-electron chi connectivity index (χ3n) is 8.99. The Labute approximate surface area is 261 Å². The van der Waals surface area contributed by atoms with Crippen molar-refractivity contribution in [2.45, 2.75) is 104 Å². The topological polar surface area (TPSA) is 3.24 Å². The fourth-order valence-corrected chi connectivity index (χ4v) is 6.48. The summed E-state index contributed by atoms with van der Waals surface area (Å²) in [6.45, 7) is 4.58. The molecule has 0 atom stereocenters. The Morgan fingerprint density at radius 3 is 1.26 bits per heavy atom. The van der Waals surface area contributed by atoms with E-state index in [2.05, 4.69) is 122 Å². The minimum atomic E-state index is 1.16. The first kappa shape index (κ1) is 30.9. The predicted octanol–water partition coefficient (Wildman–Crippen LogP) is 13.3. The smallest absolute Gasteiger partial charge is 0.0618 e. The molecule has 0 N–H and O–H groups in total. The molecule has 0 aliphatic rings. The van der Waals surface area contributed by atoms with Crippen molar-refractivity contribution in [2.24, 2.45) is 0 Å². The number of hydrogen-bond acceptors (Lipinski definition) is 1. The molecule has 0 bridgehead atoms. The van der Waals surface area contributed by atoms with Gasteiger partial charge in [0.15, 0.2) is 0 Å². The van der Waals surface area contributed by atoms with Gasteiger partial charge in [0.25, 0.3) is 0 Å². The standard InChI is InChI=1S/C42H51N/c1-3-5-7-9-11-13-19-34-25-29-38(30-26-34)43(39-31-27-35(28-32-39)20-14-12-10-8-6-4-2)42-40-23-17-15-21-36(40)33-37-22-16-18-24-41(37)42/h15-18,21-33H,3-14,19-20H2,1-2H3. The lowest BCUT2D eigenvalue weighted by molar-refractivity contribution is 0.607. The van der Waals surface area contributed by atoms with Crippen LogP contribution in [0.1, 0.15) is 102 Å². The fraction of sp³-hybridized carbons (Fsp3) is 0.381. The molecule has 1 heteroatoms. The average molecular weight is 570 g/mol. The summed E-state index contributed by atoms with van der Waals surface area (Å²) < 4.78 is 0. The van der Waals surface area contributed by atoms with Gasteiger partial charge >= 0.3 is 0 Å². The highest BCUT2D eigenvalue weighted by Gasteiger charge is 2.19. The second-order valence-electron chi connectivity index (χ2n) is 12.4. The van der Waals surface area contributed by atoms with E-state index in [9.17, 15) is 0 Å². The van der Waals surface area contributed by atoms with Crippen LogP contribution in [0.25, 0.3) is 21.5 Å². The van der Waals surface area contributed by atoms with Crippen LogP contribution in [0.15, 0.2) is 103 Å². The highest BCUT2D eigenvalue weighted by Crippen LogP contribution is 2.43. The van der Waals surface area contributed by atoms with E-state index in [4.69, 9.17) is 0 Å². The summed E-state index contributed by atoms with van der Waals surface area (Å²) in [4.78, 5) is 2.49. The van der Waals surface area contributed by atoms with Crippen molar-refractivity contribution in [2.75, 3.05) is 4.90 Å². The van der Waals surface area contributed by atoms with E-state index in [0.717, 1.165) is 12.8 Å². The van der Waals surface area contributed by atoms with E-state index in [1.807, 2.05) is 0 Å². The minimum Gasteiger partial charge on any atom is -0.309 e. The quantitative estimate of drug-likeness (QED) is 0.0795. The van der Waals surface area contributed by atoms with Gasteiger partial charge < -0.3 is 4.90 Å². The van der Waals surface area contributed by atoms with Crippen LogP contribution < -0.4 is 4.90 Å². The van der Waals surface area contributed by atoms with E-state index in [1.165, 1.54) is 127 Å². The van der Waals surface area contributed by atoms with Gasteiger partial charge in [-0.05, 0) is 77.9 Å². The number of nitrogens with zero attached hydrogens (tertiary/aromatic N) is 1. The molecule has 0 aromatic heterocycles. The average Bonchev–Trinajstić information content (AvgIpc) is 3.05. The van der Waals surface area contributed by atoms with Gasteiger partial charge in [0.05, 0.1) is 5.69 Å². The Morgan fingerprint density at radius 2 is 0.814 bits per heavy atom. The first-order valence-corrected chi connectivity index (χ1v) is 17.2. The van der Waals surface area contributed by atoms with Crippen molar-refractivity contribution < 1.29 is 0 Å².